The van der Waals surface area contributed by atoms with Crippen molar-refractivity contribution in [3.05, 3.63) is 29.6 Å². The van der Waals surface area contributed by atoms with Gasteiger partial charge < -0.3 is 9.84 Å². The van der Waals surface area contributed by atoms with Crippen molar-refractivity contribution in [2.24, 2.45) is 0 Å². The van der Waals surface area contributed by atoms with Crippen LogP contribution in [0.4, 0.5) is 4.39 Å². The molecule has 1 aliphatic heterocycles. The van der Waals surface area contributed by atoms with E-state index >= 15 is 0 Å². The van der Waals surface area contributed by atoms with E-state index in [0.717, 1.165) is 12.1 Å². The number of morpholine rings is 1. The van der Waals surface area contributed by atoms with Gasteiger partial charge in [-0.25, -0.2) is 12.8 Å². The van der Waals surface area contributed by atoms with Crippen molar-refractivity contribution in [3.63, 3.8) is 0 Å². The van der Waals surface area contributed by atoms with Crippen LogP contribution >= 0.6 is 0 Å². The van der Waals surface area contributed by atoms with E-state index in [1.807, 2.05) is 0 Å². The van der Waals surface area contributed by atoms with E-state index in [1.165, 1.54) is 10.4 Å². The lowest BCUT2D eigenvalue weighted by Crippen LogP contribution is -2.50. The number of aliphatic hydroxyl groups is 1. The van der Waals surface area contributed by atoms with E-state index < -0.39 is 28.0 Å². The van der Waals surface area contributed by atoms with Gasteiger partial charge in [-0.05, 0) is 31.5 Å². The Kier molecular flexibility index (Phi) is 4.15. The largest absolute Gasteiger partial charge is 0.392 e. The lowest BCUT2D eigenvalue weighted by molar-refractivity contribution is -0.0640. The minimum Gasteiger partial charge on any atom is -0.392 e. The summed E-state index contributed by atoms with van der Waals surface area (Å²) in [5.74, 6) is -0.645. The van der Waals surface area contributed by atoms with Crippen LogP contribution in [-0.2, 0) is 21.4 Å². The second-order valence-corrected chi connectivity index (χ2v) is 7.26. The highest BCUT2D eigenvalue weighted by atomic mass is 32.2. The molecule has 0 unspecified atom stereocenters. The molecular weight excluding hydrogens is 285 g/mol. The Hall–Kier alpha value is -1.02. The highest BCUT2D eigenvalue weighted by molar-refractivity contribution is 7.89. The van der Waals surface area contributed by atoms with Crippen molar-refractivity contribution in [2.45, 2.75) is 31.0 Å². The third kappa shape index (κ3) is 3.01. The third-order valence-corrected chi connectivity index (χ3v) is 5.14. The molecule has 0 amide bonds. The molecule has 5 nitrogen and oxygen atoms in total. The van der Waals surface area contributed by atoms with Gasteiger partial charge in [0.25, 0.3) is 0 Å². The van der Waals surface area contributed by atoms with Crippen molar-refractivity contribution in [1.29, 1.82) is 0 Å². The van der Waals surface area contributed by atoms with Crippen LogP contribution in [0.1, 0.15) is 19.4 Å². The molecule has 112 valence electrons. The number of nitrogens with zero attached hydrogens (tertiary/aromatic N) is 1. The topological polar surface area (TPSA) is 66.8 Å². The molecular formula is C13H18FNO4S. The number of hydrogen-bond acceptors (Lipinski definition) is 4. The Labute approximate surface area is 118 Å². The Bertz CT molecular complexity index is 600. The fraction of sp³-hybridized carbons (Fsp3) is 0.538. The second kappa shape index (κ2) is 5.40. The van der Waals surface area contributed by atoms with Crippen molar-refractivity contribution < 1.29 is 22.7 Å². The highest BCUT2D eigenvalue weighted by Gasteiger charge is 2.35. The Balaban J connectivity index is 2.42. The maximum atomic E-state index is 13.3. The van der Waals surface area contributed by atoms with E-state index in [-0.39, 0.29) is 30.2 Å². The summed E-state index contributed by atoms with van der Waals surface area (Å²) in [6, 6.07) is 3.37. The molecule has 1 aromatic rings. The first-order valence-electron chi connectivity index (χ1n) is 6.30. The fourth-order valence-electron chi connectivity index (χ4n) is 2.22. The summed E-state index contributed by atoms with van der Waals surface area (Å²) in [4.78, 5) is -0.183. The minimum absolute atomic E-state index is 0.183. The molecule has 2 rings (SSSR count). The summed E-state index contributed by atoms with van der Waals surface area (Å²) in [6.45, 7) is 3.84. The van der Waals surface area contributed by atoms with Gasteiger partial charge >= 0.3 is 0 Å². The minimum atomic E-state index is -3.84. The van der Waals surface area contributed by atoms with Crippen LogP contribution in [0.2, 0.25) is 0 Å². The quantitative estimate of drug-likeness (QED) is 0.908. The van der Waals surface area contributed by atoms with Crippen molar-refractivity contribution in [3.8, 4) is 0 Å². The van der Waals surface area contributed by atoms with Gasteiger partial charge in [0.15, 0.2) is 0 Å². The monoisotopic (exact) mass is 303 g/mol. The molecule has 1 heterocycles. The molecule has 0 aliphatic carbocycles. The summed E-state index contributed by atoms with van der Waals surface area (Å²) in [5.41, 5.74) is -0.395. The van der Waals surface area contributed by atoms with Gasteiger partial charge in [0.2, 0.25) is 10.0 Å². The van der Waals surface area contributed by atoms with Gasteiger partial charge in [0, 0.05) is 13.1 Å². The van der Waals surface area contributed by atoms with Gasteiger partial charge in [-0.15, -0.1) is 0 Å². The highest BCUT2D eigenvalue weighted by Crippen LogP contribution is 2.26. The van der Waals surface area contributed by atoms with Gasteiger partial charge in [0.05, 0.1) is 23.7 Å². The molecule has 1 N–H and O–H groups in total. The molecule has 1 aromatic carbocycles. The average molecular weight is 303 g/mol. The van der Waals surface area contributed by atoms with Crippen molar-refractivity contribution in [1.82, 2.24) is 4.31 Å². The van der Waals surface area contributed by atoms with Crippen LogP contribution in [0.15, 0.2) is 23.1 Å². The van der Waals surface area contributed by atoms with Crippen LogP contribution in [0.25, 0.3) is 0 Å². The van der Waals surface area contributed by atoms with E-state index in [0.29, 0.717) is 0 Å². The van der Waals surface area contributed by atoms with Crippen molar-refractivity contribution >= 4 is 10.0 Å². The molecule has 7 heteroatoms. The summed E-state index contributed by atoms with van der Waals surface area (Å²) in [7, 11) is -3.84. The normalized spacial score (nSPS) is 20.0. The molecule has 1 saturated heterocycles. The van der Waals surface area contributed by atoms with Gasteiger partial charge in [-0.1, -0.05) is 6.07 Å². The van der Waals surface area contributed by atoms with E-state index in [2.05, 4.69) is 0 Å². The first kappa shape index (κ1) is 15.4. The number of benzene rings is 1. The van der Waals surface area contributed by atoms with E-state index in [4.69, 9.17) is 4.74 Å². The van der Waals surface area contributed by atoms with Crippen molar-refractivity contribution in [2.75, 3.05) is 19.7 Å². The first-order chi connectivity index (χ1) is 9.26. The zero-order valence-corrected chi connectivity index (χ0v) is 12.3. The smallest absolute Gasteiger partial charge is 0.243 e. The summed E-state index contributed by atoms with van der Waals surface area (Å²) in [5, 5.41) is 9.24. The Morgan fingerprint density at radius 1 is 1.45 bits per heavy atom. The van der Waals surface area contributed by atoms with Crippen LogP contribution in [0.3, 0.4) is 0 Å². The number of hydrogen-bond donors (Lipinski definition) is 1. The molecule has 20 heavy (non-hydrogen) atoms. The molecule has 0 saturated carbocycles. The molecule has 1 aliphatic rings. The van der Waals surface area contributed by atoms with Crippen LogP contribution in [0.5, 0.6) is 0 Å². The lowest BCUT2D eigenvalue weighted by Gasteiger charge is -2.37. The average Bonchev–Trinajstić information content (AvgIpc) is 2.37. The zero-order valence-electron chi connectivity index (χ0n) is 11.5. The second-order valence-electron chi connectivity index (χ2n) is 5.36. The summed E-state index contributed by atoms with van der Waals surface area (Å²) < 4.78 is 45.3. The standard InChI is InChI=1S/C13H18FNO4S/c1-13(2)9-15(5-6-19-13)20(17,18)12-7-11(14)4-3-10(12)8-16/h3-4,7,16H,5-6,8-9H2,1-2H3. The molecule has 0 aromatic heterocycles. The van der Waals surface area contributed by atoms with E-state index in [1.54, 1.807) is 13.8 Å². The lowest BCUT2D eigenvalue weighted by atomic mass is 10.1. The van der Waals surface area contributed by atoms with E-state index in [9.17, 15) is 17.9 Å². The van der Waals surface area contributed by atoms with Crippen LogP contribution in [0, 0.1) is 5.82 Å². The number of sulfonamides is 1. The SMILES string of the molecule is CC1(C)CN(S(=O)(=O)c2cc(F)ccc2CO)CCO1. The molecule has 1 fully saturated rings. The summed E-state index contributed by atoms with van der Waals surface area (Å²) >= 11 is 0. The summed E-state index contributed by atoms with van der Waals surface area (Å²) in [6.07, 6.45) is 0. The van der Waals surface area contributed by atoms with Crippen LogP contribution in [-0.4, -0.2) is 43.1 Å². The number of halogens is 1. The van der Waals surface area contributed by atoms with Gasteiger partial charge in [-0.2, -0.15) is 4.31 Å². The predicted molar refractivity (Wildman–Crippen MR) is 71.1 cm³/mol. The molecule has 0 radical (unpaired) electrons. The number of rotatable bonds is 3. The number of aliphatic hydroxyl groups excluding tert-OH is 1. The zero-order chi connectivity index (χ0) is 15.0. The third-order valence-electron chi connectivity index (χ3n) is 3.21. The molecule has 0 atom stereocenters. The predicted octanol–water partition coefficient (Wildman–Crippen LogP) is 1.12. The Morgan fingerprint density at radius 3 is 2.75 bits per heavy atom. The molecule has 0 spiro atoms. The van der Waals surface area contributed by atoms with Crippen LogP contribution < -0.4 is 0 Å². The van der Waals surface area contributed by atoms with Gasteiger partial charge in [-0.3, -0.25) is 0 Å². The first-order valence-corrected chi connectivity index (χ1v) is 7.74. The fourth-order valence-corrected chi connectivity index (χ4v) is 4.02. The Morgan fingerprint density at radius 2 is 2.15 bits per heavy atom. The maximum absolute atomic E-state index is 13.3. The van der Waals surface area contributed by atoms with Gasteiger partial charge in [0.1, 0.15) is 5.82 Å². The maximum Gasteiger partial charge on any atom is 0.243 e. The molecule has 0 bridgehead atoms. The number of ether oxygens (including phenoxy) is 1.